The van der Waals surface area contributed by atoms with E-state index in [2.05, 4.69) is 53.9 Å². The molecular weight excluding hydrogens is 210 g/mol. The van der Waals surface area contributed by atoms with E-state index < -0.39 is 0 Å². The Hall–Kier alpha value is -1.06. The van der Waals surface area contributed by atoms with Crippen LogP contribution >= 0.6 is 0 Å². The summed E-state index contributed by atoms with van der Waals surface area (Å²) in [4.78, 5) is 2.19. The Bertz CT molecular complexity index is 326. The van der Waals surface area contributed by atoms with E-state index in [9.17, 15) is 0 Å². The van der Waals surface area contributed by atoms with E-state index in [4.69, 9.17) is 0 Å². The molecule has 94 valence electrons. The Morgan fingerprint density at radius 3 is 2.65 bits per heavy atom. The molecule has 1 heterocycles. The summed E-state index contributed by atoms with van der Waals surface area (Å²) in [5, 5.41) is 6.99. The molecule has 1 atom stereocenters. The molecule has 2 N–H and O–H groups in total. The highest BCUT2D eigenvalue weighted by Gasteiger charge is 2.12. The summed E-state index contributed by atoms with van der Waals surface area (Å²) in [5.41, 5.74) is 2.58. The van der Waals surface area contributed by atoms with E-state index in [1.165, 1.54) is 30.6 Å². The summed E-state index contributed by atoms with van der Waals surface area (Å²) < 4.78 is 0. The van der Waals surface area contributed by atoms with Gasteiger partial charge in [-0.15, -0.1) is 0 Å². The fraction of sp³-hybridized carbons (Fsp3) is 0.571. The summed E-state index contributed by atoms with van der Waals surface area (Å²) in [6.45, 7) is 3.21. The van der Waals surface area contributed by atoms with Crippen molar-refractivity contribution >= 4 is 5.69 Å². The van der Waals surface area contributed by atoms with E-state index in [0.717, 1.165) is 13.1 Å². The van der Waals surface area contributed by atoms with E-state index in [1.807, 2.05) is 0 Å². The monoisotopic (exact) mass is 233 g/mol. The molecule has 1 saturated heterocycles. The van der Waals surface area contributed by atoms with E-state index in [-0.39, 0.29) is 0 Å². The van der Waals surface area contributed by atoms with Crippen LogP contribution in [0.2, 0.25) is 0 Å². The molecule has 1 aliphatic rings. The summed E-state index contributed by atoms with van der Waals surface area (Å²) in [7, 11) is 4.19. The van der Waals surface area contributed by atoms with Crippen LogP contribution in [0, 0.1) is 0 Å². The van der Waals surface area contributed by atoms with Crippen molar-refractivity contribution in [2.45, 2.75) is 25.4 Å². The quantitative estimate of drug-likeness (QED) is 0.813. The Morgan fingerprint density at radius 2 is 2.06 bits per heavy atom. The van der Waals surface area contributed by atoms with Crippen molar-refractivity contribution in [1.82, 2.24) is 10.2 Å². The number of hydrogen-bond donors (Lipinski definition) is 2. The van der Waals surface area contributed by atoms with Gasteiger partial charge in [-0.25, -0.2) is 0 Å². The van der Waals surface area contributed by atoms with Gasteiger partial charge in [0, 0.05) is 24.8 Å². The third-order valence-corrected chi connectivity index (χ3v) is 3.17. The molecule has 2 rings (SSSR count). The summed E-state index contributed by atoms with van der Waals surface area (Å²) in [5.74, 6) is 0. The molecule has 3 nitrogen and oxygen atoms in total. The van der Waals surface area contributed by atoms with Crippen molar-refractivity contribution < 1.29 is 0 Å². The molecule has 0 radical (unpaired) electrons. The lowest BCUT2D eigenvalue weighted by Gasteiger charge is -2.14. The van der Waals surface area contributed by atoms with Crippen LogP contribution in [0.1, 0.15) is 18.4 Å². The zero-order chi connectivity index (χ0) is 12.1. The lowest BCUT2D eigenvalue weighted by Crippen LogP contribution is -2.29. The number of nitrogens with zero attached hydrogens (tertiary/aromatic N) is 1. The first kappa shape index (κ1) is 12.4. The average molecular weight is 233 g/mol. The Morgan fingerprint density at radius 1 is 1.29 bits per heavy atom. The molecule has 1 fully saturated rings. The van der Waals surface area contributed by atoms with Crippen molar-refractivity contribution in [2.75, 3.05) is 32.5 Å². The zero-order valence-electron chi connectivity index (χ0n) is 10.9. The molecule has 1 unspecified atom stereocenters. The van der Waals surface area contributed by atoms with Crippen molar-refractivity contribution in [1.29, 1.82) is 0 Å². The molecule has 0 aromatic heterocycles. The van der Waals surface area contributed by atoms with Gasteiger partial charge in [-0.2, -0.15) is 0 Å². The van der Waals surface area contributed by atoms with Crippen LogP contribution < -0.4 is 10.6 Å². The molecule has 0 aliphatic carbocycles. The summed E-state index contributed by atoms with van der Waals surface area (Å²) >= 11 is 0. The van der Waals surface area contributed by atoms with Gasteiger partial charge in [0.15, 0.2) is 0 Å². The fourth-order valence-corrected chi connectivity index (χ4v) is 2.27. The number of nitrogens with one attached hydrogen (secondary N) is 2. The summed E-state index contributed by atoms with van der Waals surface area (Å²) in [6, 6.07) is 9.40. The largest absolute Gasteiger partial charge is 0.383 e. The van der Waals surface area contributed by atoms with Crippen LogP contribution in [0.25, 0.3) is 0 Å². The Labute approximate surface area is 104 Å². The second-order valence-electron chi connectivity index (χ2n) is 5.11. The molecule has 1 aromatic rings. The first-order chi connectivity index (χ1) is 8.24. The topological polar surface area (TPSA) is 27.3 Å². The van der Waals surface area contributed by atoms with Gasteiger partial charge in [-0.3, -0.25) is 0 Å². The molecule has 0 amide bonds. The fourth-order valence-electron chi connectivity index (χ4n) is 2.27. The predicted molar refractivity (Wildman–Crippen MR) is 73.3 cm³/mol. The minimum atomic E-state index is 0.649. The van der Waals surface area contributed by atoms with Crippen LogP contribution in [0.3, 0.4) is 0 Å². The predicted octanol–water partition coefficient (Wildman–Crippen LogP) is 1.91. The molecular formula is C14H23N3. The minimum Gasteiger partial charge on any atom is -0.383 e. The van der Waals surface area contributed by atoms with Gasteiger partial charge in [-0.05, 0) is 51.2 Å². The molecule has 1 aromatic carbocycles. The first-order valence-electron chi connectivity index (χ1n) is 6.45. The molecule has 0 bridgehead atoms. The highest BCUT2D eigenvalue weighted by atomic mass is 15.0. The SMILES string of the molecule is CN(C)Cc1ccc(NCC2CCCN2)cc1. The maximum atomic E-state index is 3.50. The van der Waals surface area contributed by atoms with Gasteiger partial charge in [0.1, 0.15) is 0 Å². The Balaban J connectivity index is 1.80. The van der Waals surface area contributed by atoms with Crippen molar-refractivity contribution in [3.8, 4) is 0 Å². The van der Waals surface area contributed by atoms with Gasteiger partial charge in [0.25, 0.3) is 0 Å². The second kappa shape index (κ2) is 6.03. The van der Waals surface area contributed by atoms with Gasteiger partial charge in [0.05, 0.1) is 0 Å². The smallest absolute Gasteiger partial charge is 0.0340 e. The van der Waals surface area contributed by atoms with E-state index in [0.29, 0.717) is 6.04 Å². The number of hydrogen-bond acceptors (Lipinski definition) is 3. The van der Waals surface area contributed by atoms with Crippen molar-refractivity contribution in [3.63, 3.8) is 0 Å². The average Bonchev–Trinajstić information content (AvgIpc) is 2.80. The standard InChI is InChI=1S/C14H23N3/c1-17(2)11-12-5-7-13(8-6-12)16-10-14-4-3-9-15-14/h5-8,14-16H,3-4,9-11H2,1-2H3. The van der Waals surface area contributed by atoms with Crippen molar-refractivity contribution in [2.24, 2.45) is 0 Å². The van der Waals surface area contributed by atoms with E-state index >= 15 is 0 Å². The van der Waals surface area contributed by atoms with Crippen LogP contribution in [-0.2, 0) is 6.54 Å². The maximum Gasteiger partial charge on any atom is 0.0340 e. The number of anilines is 1. The lowest BCUT2D eigenvalue weighted by atomic mass is 10.2. The van der Waals surface area contributed by atoms with Crippen LogP contribution in [0.4, 0.5) is 5.69 Å². The lowest BCUT2D eigenvalue weighted by molar-refractivity contribution is 0.402. The van der Waals surface area contributed by atoms with Gasteiger partial charge in [-0.1, -0.05) is 12.1 Å². The van der Waals surface area contributed by atoms with Crippen LogP contribution in [0.5, 0.6) is 0 Å². The van der Waals surface area contributed by atoms with Crippen molar-refractivity contribution in [3.05, 3.63) is 29.8 Å². The second-order valence-corrected chi connectivity index (χ2v) is 5.11. The maximum absolute atomic E-state index is 3.50. The third kappa shape index (κ3) is 4.02. The highest BCUT2D eigenvalue weighted by Crippen LogP contribution is 2.12. The normalized spacial score (nSPS) is 19.8. The van der Waals surface area contributed by atoms with Crippen LogP contribution in [0.15, 0.2) is 24.3 Å². The molecule has 17 heavy (non-hydrogen) atoms. The zero-order valence-corrected chi connectivity index (χ0v) is 10.9. The van der Waals surface area contributed by atoms with Gasteiger partial charge in [0.2, 0.25) is 0 Å². The van der Waals surface area contributed by atoms with Gasteiger partial charge < -0.3 is 15.5 Å². The van der Waals surface area contributed by atoms with E-state index in [1.54, 1.807) is 0 Å². The number of rotatable bonds is 5. The molecule has 3 heteroatoms. The third-order valence-electron chi connectivity index (χ3n) is 3.17. The Kier molecular flexibility index (Phi) is 4.40. The van der Waals surface area contributed by atoms with Gasteiger partial charge >= 0.3 is 0 Å². The molecule has 0 spiro atoms. The summed E-state index contributed by atoms with van der Waals surface area (Å²) in [6.07, 6.45) is 2.61. The molecule has 0 saturated carbocycles. The minimum absolute atomic E-state index is 0.649. The molecule has 1 aliphatic heterocycles. The first-order valence-corrected chi connectivity index (χ1v) is 6.45. The number of benzene rings is 1. The highest BCUT2D eigenvalue weighted by molar-refractivity contribution is 5.44. The van der Waals surface area contributed by atoms with Crippen LogP contribution in [-0.4, -0.2) is 38.1 Å².